The van der Waals surface area contributed by atoms with Crippen LogP contribution in [0.1, 0.15) is 42.1 Å². The number of nitrogens with zero attached hydrogens (tertiary/aromatic N) is 1. The Labute approximate surface area is 148 Å². The van der Waals surface area contributed by atoms with Crippen LogP contribution in [-0.4, -0.2) is 65.1 Å². The molecular formula is C19H27NO5. The molecule has 0 saturated carbocycles. The molecule has 1 amide bonds. The molecule has 2 atom stereocenters. The number of carbonyl (C=O) groups excluding carboxylic acids is 1. The highest BCUT2D eigenvalue weighted by Gasteiger charge is 2.52. The molecule has 1 spiro atoms. The van der Waals surface area contributed by atoms with E-state index in [2.05, 4.69) is 0 Å². The van der Waals surface area contributed by atoms with Crippen molar-refractivity contribution in [2.75, 3.05) is 26.8 Å². The van der Waals surface area contributed by atoms with Crippen LogP contribution >= 0.6 is 0 Å². The van der Waals surface area contributed by atoms with E-state index in [1.54, 1.807) is 25.0 Å². The van der Waals surface area contributed by atoms with Gasteiger partial charge in [0.2, 0.25) is 0 Å². The molecule has 0 aliphatic carbocycles. The molecule has 0 bridgehead atoms. The third-order valence-corrected chi connectivity index (χ3v) is 5.72. The van der Waals surface area contributed by atoms with Crippen LogP contribution in [-0.2, 0) is 4.74 Å². The normalized spacial score (nSPS) is 28.8. The summed E-state index contributed by atoms with van der Waals surface area (Å²) in [6.45, 7) is 4.93. The minimum absolute atomic E-state index is 0.0386. The first-order valence-corrected chi connectivity index (χ1v) is 8.78. The van der Waals surface area contributed by atoms with Crippen LogP contribution < -0.4 is 4.74 Å². The van der Waals surface area contributed by atoms with Crippen LogP contribution in [0.2, 0.25) is 0 Å². The van der Waals surface area contributed by atoms with E-state index in [0.717, 1.165) is 5.56 Å². The molecule has 2 aliphatic heterocycles. The Morgan fingerprint density at radius 3 is 2.64 bits per heavy atom. The van der Waals surface area contributed by atoms with E-state index in [4.69, 9.17) is 9.47 Å². The molecule has 6 heteroatoms. The van der Waals surface area contributed by atoms with Crippen molar-refractivity contribution in [3.63, 3.8) is 0 Å². The van der Waals surface area contributed by atoms with Crippen molar-refractivity contribution in [3.8, 4) is 5.75 Å². The second-order valence-electron chi connectivity index (χ2n) is 7.35. The molecule has 2 N–H and O–H groups in total. The number of hydrogen-bond donors (Lipinski definition) is 2. The predicted octanol–water partition coefficient (Wildman–Crippen LogP) is 1.51. The third-order valence-electron chi connectivity index (χ3n) is 5.72. The average Bonchev–Trinajstić information content (AvgIpc) is 2.60. The zero-order valence-electron chi connectivity index (χ0n) is 15.1. The monoisotopic (exact) mass is 349 g/mol. The first-order chi connectivity index (χ1) is 11.8. The van der Waals surface area contributed by atoms with E-state index < -0.39 is 17.3 Å². The van der Waals surface area contributed by atoms with E-state index in [9.17, 15) is 15.0 Å². The second kappa shape index (κ2) is 6.59. The fraction of sp³-hybridized carbons (Fsp3) is 0.632. The SMILES string of the molecule is COc1cccc(C(=O)N2CCC3(CC2)OCC[C@@](C)(O)[C@@H]3O)c1C. The van der Waals surface area contributed by atoms with E-state index in [1.807, 2.05) is 19.1 Å². The Kier molecular flexibility index (Phi) is 4.79. The van der Waals surface area contributed by atoms with Gasteiger partial charge in [-0.05, 0) is 38.8 Å². The molecule has 2 saturated heterocycles. The van der Waals surface area contributed by atoms with Gasteiger partial charge in [0.1, 0.15) is 17.5 Å². The van der Waals surface area contributed by atoms with Crippen LogP contribution in [0.5, 0.6) is 5.75 Å². The van der Waals surface area contributed by atoms with Gasteiger partial charge in [-0.25, -0.2) is 0 Å². The molecule has 3 rings (SSSR count). The molecule has 2 heterocycles. The molecular weight excluding hydrogens is 322 g/mol. The molecule has 0 unspecified atom stereocenters. The number of aliphatic hydroxyl groups excluding tert-OH is 1. The van der Waals surface area contributed by atoms with Gasteiger partial charge >= 0.3 is 0 Å². The van der Waals surface area contributed by atoms with Gasteiger partial charge in [0, 0.05) is 30.6 Å². The largest absolute Gasteiger partial charge is 0.496 e. The van der Waals surface area contributed by atoms with Gasteiger partial charge in [0.25, 0.3) is 5.91 Å². The number of hydrogen-bond acceptors (Lipinski definition) is 5. The zero-order valence-corrected chi connectivity index (χ0v) is 15.1. The maximum Gasteiger partial charge on any atom is 0.254 e. The number of methoxy groups -OCH3 is 1. The summed E-state index contributed by atoms with van der Waals surface area (Å²) in [4.78, 5) is 14.7. The number of amides is 1. The standard InChI is InChI=1S/C19H27NO5/c1-13-14(5-4-6-15(13)24-3)16(21)20-10-7-19(8-11-20)17(22)18(2,23)9-12-25-19/h4-6,17,22-23H,7-12H2,1-3H3/t17-,18+/m0/s1. The summed E-state index contributed by atoms with van der Waals surface area (Å²) in [6.07, 6.45) is 0.504. The predicted molar refractivity (Wildman–Crippen MR) is 92.8 cm³/mol. The minimum Gasteiger partial charge on any atom is -0.496 e. The zero-order chi connectivity index (χ0) is 18.2. The summed E-state index contributed by atoms with van der Waals surface area (Å²) in [5.74, 6) is 0.657. The molecule has 0 aromatic heterocycles. The number of aliphatic hydroxyl groups is 2. The molecule has 138 valence electrons. The lowest BCUT2D eigenvalue weighted by molar-refractivity contribution is -0.244. The Balaban J connectivity index is 1.73. The minimum atomic E-state index is -1.15. The lowest BCUT2D eigenvalue weighted by Gasteiger charge is -2.51. The first-order valence-electron chi connectivity index (χ1n) is 8.78. The molecule has 2 fully saturated rings. The molecule has 2 aliphatic rings. The second-order valence-corrected chi connectivity index (χ2v) is 7.35. The van der Waals surface area contributed by atoms with Crippen LogP contribution in [0.4, 0.5) is 0 Å². The Morgan fingerprint density at radius 1 is 1.32 bits per heavy atom. The summed E-state index contributed by atoms with van der Waals surface area (Å²) in [6, 6.07) is 5.46. The smallest absolute Gasteiger partial charge is 0.254 e. The fourth-order valence-electron chi connectivity index (χ4n) is 3.99. The first kappa shape index (κ1) is 18.2. The maximum atomic E-state index is 12.9. The highest BCUT2D eigenvalue weighted by Crippen LogP contribution is 2.40. The summed E-state index contributed by atoms with van der Waals surface area (Å²) >= 11 is 0. The molecule has 1 aromatic rings. The molecule has 1 aromatic carbocycles. The van der Waals surface area contributed by atoms with Gasteiger partial charge in [-0.3, -0.25) is 4.79 Å². The van der Waals surface area contributed by atoms with Gasteiger partial charge in [0.05, 0.1) is 19.3 Å². The quantitative estimate of drug-likeness (QED) is 0.846. The van der Waals surface area contributed by atoms with Crippen LogP contribution in [0.3, 0.4) is 0 Å². The Morgan fingerprint density at radius 2 is 2.00 bits per heavy atom. The Bertz CT molecular complexity index is 649. The number of carbonyl (C=O) groups is 1. The van der Waals surface area contributed by atoms with E-state index in [1.165, 1.54) is 0 Å². The van der Waals surface area contributed by atoms with Crippen molar-refractivity contribution < 1.29 is 24.5 Å². The van der Waals surface area contributed by atoms with Gasteiger partial charge in [-0.2, -0.15) is 0 Å². The summed E-state index contributed by atoms with van der Waals surface area (Å²) in [5, 5.41) is 21.0. The topological polar surface area (TPSA) is 79.2 Å². The van der Waals surface area contributed by atoms with Crippen molar-refractivity contribution in [1.29, 1.82) is 0 Å². The van der Waals surface area contributed by atoms with Crippen molar-refractivity contribution >= 4 is 5.91 Å². The number of piperidine rings is 1. The lowest BCUT2D eigenvalue weighted by atomic mass is 9.75. The molecule has 6 nitrogen and oxygen atoms in total. The highest BCUT2D eigenvalue weighted by atomic mass is 16.5. The van der Waals surface area contributed by atoms with Crippen LogP contribution in [0.25, 0.3) is 0 Å². The fourth-order valence-corrected chi connectivity index (χ4v) is 3.99. The Hall–Kier alpha value is -1.63. The van der Waals surface area contributed by atoms with Gasteiger partial charge in [-0.1, -0.05) is 6.07 Å². The number of ether oxygens (including phenoxy) is 2. The van der Waals surface area contributed by atoms with Crippen molar-refractivity contribution in [1.82, 2.24) is 4.90 Å². The number of rotatable bonds is 2. The summed E-state index contributed by atoms with van der Waals surface area (Å²) < 4.78 is 11.2. The van der Waals surface area contributed by atoms with Crippen molar-refractivity contribution in [3.05, 3.63) is 29.3 Å². The van der Waals surface area contributed by atoms with Gasteiger partial charge < -0.3 is 24.6 Å². The van der Waals surface area contributed by atoms with Crippen LogP contribution in [0, 0.1) is 6.92 Å². The maximum absolute atomic E-state index is 12.9. The van der Waals surface area contributed by atoms with Gasteiger partial charge in [-0.15, -0.1) is 0 Å². The van der Waals surface area contributed by atoms with Gasteiger partial charge in [0.15, 0.2) is 0 Å². The van der Waals surface area contributed by atoms with E-state index >= 15 is 0 Å². The summed E-state index contributed by atoms with van der Waals surface area (Å²) in [7, 11) is 1.59. The molecule has 0 radical (unpaired) electrons. The average molecular weight is 349 g/mol. The lowest BCUT2D eigenvalue weighted by Crippen LogP contribution is -2.64. The van der Waals surface area contributed by atoms with Crippen LogP contribution in [0.15, 0.2) is 18.2 Å². The highest BCUT2D eigenvalue weighted by molar-refractivity contribution is 5.96. The third kappa shape index (κ3) is 3.14. The number of benzene rings is 1. The van der Waals surface area contributed by atoms with Crippen molar-refractivity contribution in [2.24, 2.45) is 0 Å². The van der Waals surface area contributed by atoms with Crippen molar-refractivity contribution in [2.45, 2.75) is 50.4 Å². The number of likely N-dealkylation sites (tertiary alicyclic amines) is 1. The van der Waals surface area contributed by atoms with E-state index in [0.29, 0.717) is 50.3 Å². The van der Waals surface area contributed by atoms with E-state index in [-0.39, 0.29) is 5.91 Å². The molecule has 25 heavy (non-hydrogen) atoms. The summed E-state index contributed by atoms with van der Waals surface area (Å²) in [5.41, 5.74) is -0.449.